The van der Waals surface area contributed by atoms with E-state index in [2.05, 4.69) is 15.1 Å². The van der Waals surface area contributed by atoms with Crippen LogP contribution in [0.15, 0.2) is 42.5 Å². The Bertz CT molecular complexity index is 984. The van der Waals surface area contributed by atoms with Crippen molar-refractivity contribution in [3.8, 4) is 0 Å². The van der Waals surface area contributed by atoms with Crippen LogP contribution in [-0.4, -0.2) is 56.8 Å². The van der Waals surface area contributed by atoms with Crippen LogP contribution >= 0.6 is 11.6 Å². The molecule has 0 aromatic heterocycles. The van der Waals surface area contributed by atoms with Gasteiger partial charge >= 0.3 is 0 Å². The molecule has 0 bridgehead atoms. The number of anilines is 2. The summed E-state index contributed by atoms with van der Waals surface area (Å²) < 4.78 is 5.07. The summed E-state index contributed by atoms with van der Waals surface area (Å²) in [6.45, 7) is 3.33. The number of ether oxygens (including phenoxy) is 1. The normalized spacial score (nSPS) is 19.8. The second kappa shape index (κ2) is 9.75. The number of nitro groups is 1. The van der Waals surface area contributed by atoms with Gasteiger partial charge in [-0.3, -0.25) is 14.9 Å². The number of nitro benzene ring substituents is 1. The Balaban J connectivity index is 1.60. The number of nitrogens with zero attached hydrogens (tertiary/aromatic N) is 3. The van der Waals surface area contributed by atoms with Gasteiger partial charge in [-0.05, 0) is 48.7 Å². The van der Waals surface area contributed by atoms with E-state index in [1.807, 2.05) is 30.3 Å². The number of nitrogens with one attached hydrogen (secondary N) is 1. The van der Waals surface area contributed by atoms with Crippen LogP contribution in [0.4, 0.5) is 17.1 Å². The summed E-state index contributed by atoms with van der Waals surface area (Å²) in [5, 5.41) is 15.0. The van der Waals surface area contributed by atoms with Gasteiger partial charge < -0.3 is 19.9 Å². The van der Waals surface area contributed by atoms with Crippen LogP contribution in [0, 0.1) is 16.0 Å². The maximum Gasteiger partial charge on any atom is 0.269 e. The zero-order chi connectivity index (χ0) is 22.7. The van der Waals surface area contributed by atoms with Crippen molar-refractivity contribution in [2.45, 2.75) is 18.9 Å². The van der Waals surface area contributed by atoms with Crippen LogP contribution in [-0.2, 0) is 16.0 Å². The number of carbonyl (C=O) groups is 1. The molecule has 2 atom stereocenters. The average Bonchev–Trinajstić information content (AvgIpc) is 2.80. The molecular formula is C23H27ClN4O4. The Morgan fingerprint density at radius 1 is 1.25 bits per heavy atom. The third-order valence-corrected chi connectivity index (χ3v) is 6.51. The van der Waals surface area contributed by atoms with Crippen LogP contribution < -0.4 is 15.1 Å². The van der Waals surface area contributed by atoms with Gasteiger partial charge in [0, 0.05) is 68.4 Å². The molecule has 2 aliphatic rings. The zero-order valence-electron chi connectivity index (χ0n) is 18.0. The summed E-state index contributed by atoms with van der Waals surface area (Å²) in [5.41, 5.74) is 2.97. The Morgan fingerprint density at radius 3 is 2.75 bits per heavy atom. The van der Waals surface area contributed by atoms with Crippen LogP contribution in [0.5, 0.6) is 0 Å². The number of piperazine rings is 1. The van der Waals surface area contributed by atoms with E-state index in [-0.39, 0.29) is 28.5 Å². The second-order valence-corrected chi connectivity index (χ2v) is 8.64. The fourth-order valence-electron chi connectivity index (χ4n) is 4.67. The smallest absolute Gasteiger partial charge is 0.269 e. The topological polar surface area (TPSA) is 87.9 Å². The van der Waals surface area contributed by atoms with E-state index < -0.39 is 0 Å². The first-order valence-corrected chi connectivity index (χ1v) is 11.2. The lowest BCUT2D eigenvalue weighted by Crippen LogP contribution is -2.61. The highest BCUT2D eigenvalue weighted by Crippen LogP contribution is 2.38. The molecule has 1 fully saturated rings. The monoisotopic (exact) mass is 458 g/mol. The highest BCUT2D eigenvalue weighted by Gasteiger charge is 2.42. The molecule has 2 aliphatic heterocycles. The minimum absolute atomic E-state index is 0.0220. The molecule has 9 heteroatoms. The molecule has 0 radical (unpaired) electrons. The third-order valence-electron chi connectivity index (χ3n) is 6.26. The average molecular weight is 459 g/mol. The van der Waals surface area contributed by atoms with Gasteiger partial charge in [0.15, 0.2) is 0 Å². The summed E-state index contributed by atoms with van der Waals surface area (Å²) in [6, 6.07) is 12.7. The molecule has 0 saturated carbocycles. The van der Waals surface area contributed by atoms with Crippen LogP contribution in [0.25, 0.3) is 0 Å². The lowest BCUT2D eigenvalue weighted by molar-refractivity contribution is -0.384. The molecule has 1 saturated heterocycles. The lowest BCUT2D eigenvalue weighted by atomic mass is 9.83. The van der Waals surface area contributed by atoms with Crippen LogP contribution in [0.2, 0.25) is 5.02 Å². The largest absolute Gasteiger partial charge is 0.385 e. The highest BCUT2D eigenvalue weighted by molar-refractivity contribution is 6.30. The maximum atomic E-state index is 13.2. The molecule has 0 spiro atoms. The van der Waals surface area contributed by atoms with Gasteiger partial charge in [0.2, 0.25) is 5.91 Å². The third kappa shape index (κ3) is 4.66. The summed E-state index contributed by atoms with van der Waals surface area (Å²) in [7, 11) is 1.64. The lowest BCUT2D eigenvalue weighted by Gasteiger charge is -2.49. The van der Waals surface area contributed by atoms with Crippen molar-refractivity contribution >= 4 is 34.6 Å². The van der Waals surface area contributed by atoms with Gasteiger partial charge in [-0.2, -0.15) is 0 Å². The molecule has 2 heterocycles. The predicted molar refractivity (Wildman–Crippen MR) is 125 cm³/mol. The number of amides is 1. The van der Waals surface area contributed by atoms with Crippen molar-refractivity contribution in [2.75, 3.05) is 49.7 Å². The number of hydrogen-bond acceptors (Lipinski definition) is 6. The van der Waals surface area contributed by atoms with Gasteiger partial charge in [-0.15, -0.1) is 0 Å². The van der Waals surface area contributed by atoms with Gasteiger partial charge in [0.1, 0.15) is 0 Å². The summed E-state index contributed by atoms with van der Waals surface area (Å²) >= 11 is 6.05. The number of non-ortho nitro benzene ring substituents is 1. The first-order valence-electron chi connectivity index (χ1n) is 10.8. The number of benzene rings is 2. The molecule has 32 heavy (non-hydrogen) atoms. The molecule has 8 nitrogen and oxygen atoms in total. The highest BCUT2D eigenvalue weighted by atomic mass is 35.5. The van der Waals surface area contributed by atoms with E-state index in [9.17, 15) is 14.9 Å². The quantitative estimate of drug-likeness (QED) is 0.389. The second-order valence-electron chi connectivity index (χ2n) is 8.20. The van der Waals surface area contributed by atoms with Gasteiger partial charge in [0.05, 0.1) is 16.9 Å². The summed E-state index contributed by atoms with van der Waals surface area (Å²) in [5.74, 6) is -0.326. The van der Waals surface area contributed by atoms with Gasteiger partial charge in [-0.1, -0.05) is 11.6 Å². The predicted octanol–water partition coefficient (Wildman–Crippen LogP) is 3.27. The molecule has 1 N–H and O–H groups in total. The minimum Gasteiger partial charge on any atom is -0.385 e. The van der Waals surface area contributed by atoms with E-state index in [1.54, 1.807) is 19.2 Å². The van der Waals surface area contributed by atoms with Crippen molar-refractivity contribution in [1.29, 1.82) is 0 Å². The maximum absolute atomic E-state index is 13.2. The van der Waals surface area contributed by atoms with Crippen molar-refractivity contribution in [2.24, 2.45) is 5.92 Å². The first kappa shape index (κ1) is 22.4. The Labute approximate surface area is 192 Å². The van der Waals surface area contributed by atoms with Crippen molar-refractivity contribution in [1.82, 2.24) is 5.32 Å². The number of fused-ring (bicyclic) bond motifs is 3. The fraction of sp³-hybridized carbons (Fsp3) is 0.435. The molecule has 1 amide bonds. The summed E-state index contributed by atoms with van der Waals surface area (Å²) in [6.07, 6.45) is 1.21. The van der Waals surface area contributed by atoms with Crippen molar-refractivity contribution in [3.63, 3.8) is 0 Å². The number of carbonyl (C=O) groups excluding carboxylic acids is 1. The Kier molecular flexibility index (Phi) is 6.81. The molecule has 2 aromatic rings. The van der Waals surface area contributed by atoms with Crippen LogP contribution in [0.3, 0.4) is 0 Å². The summed E-state index contributed by atoms with van der Waals surface area (Å²) in [4.78, 5) is 28.6. The van der Waals surface area contributed by atoms with Gasteiger partial charge in [0.25, 0.3) is 5.69 Å². The number of halogens is 1. The standard InChI is InChI=1S/C23H27ClN4O4/c1-32-12-2-9-25-23(29)20-14-16-13-19(28(30)31)7-8-21(16)27-11-10-26(15-22(20)27)18-5-3-17(24)4-6-18/h3-8,13,20,22H,2,9-12,14-15H2,1H3,(H,25,29)/t20-,22-/m1/s1. The van der Waals surface area contributed by atoms with Crippen LogP contribution in [0.1, 0.15) is 12.0 Å². The molecule has 0 unspecified atom stereocenters. The number of hydrogen-bond donors (Lipinski definition) is 1. The fourth-order valence-corrected chi connectivity index (χ4v) is 4.79. The van der Waals surface area contributed by atoms with Gasteiger partial charge in [-0.25, -0.2) is 0 Å². The minimum atomic E-state index is -0.384. The first-order chi connectivity index (χ1) is 15.5. The zero-order valence-corrected chi connectivity index (χ0v) is 18.8. The van der Waals surface area contributed by atoms with Crippen molar-refractivity contribution in [3.05, 3.63) is 63.2 Å². The molecule has 2 aromatic carbocycles. The van der Waals surface area contributed by atoms with Crippen molar-refractivity contribution < 1.29 is 14.5 Å². The van der Waals surface area contributed by atoms with E-state index in [4.69, 9.17) is 16.3 Å². The number of methoxy groups -OCH3 is 1. The molecular weight excluding hydrogens is 432 g/mol. The number of rotatable bonds is 7. The van der Waals surface area contributed by atoms with E-state index >= 15 is 0 Å². The molecule has 170 valence electrons. The molecule has 4 rings (SSSR count). The van der Waals surface area contributed by atoms with E-state index in [0.29, 0.717) is 31.1 Å². The Hall–Kier alpha value is -2.84. The van der Waals surface area contributed by atoms with E-state index in [1.165, 1.54) is 0 Å². The Morgan fingerprint density at radius 2 is 2.03 bits per heavy atom. The molecule has 0 aliphatic carbocycles. The SMILES string of the molecule is COCCCNC(=O)[C@@H]1Cc2cc([N+](=O)[O-])ccc2N2CCN(c3ccc(Cl)cc3)C[C@H]12. The van der Waals surface area contributed by atoms with E-state index in [0.717, 1.165) is 36.4 Å².